The molecule has 0 aliphatic heterocycles. The molecule has 15 heavy (non-hydrogen) atoms. The third-order valence-electron chi connectivity index (χ3n) is 2.23. The molecule has 1 rings (SSSR count). The second-order valence-electron chi connectivity index (χ2n) is 3.22. The van der Waals surface area contributed by atoms with Crippen LogP contribution in [0.2, 0.25) is 5.02 Å². The lowest BCUT2D eigenvalue weighted by atomic mass is 9.94. The molecular weight excluding hydrogens is 221 g/mol. The molecule has 1 aromatic rings. The fraction of sp³-hybridized carbons (Fsp3) is 0.300. The van der Waals surface area contributed by atoms with Crippen LogP contribution in [0.25, 0.3) is 0 Å². The average Bonchev–Trinajstić information content (AvgIpc) is 2.18. The Labute approximate surface area is 91.7 Å². The van der Waals surface area contributed by atoms with Gasteiger partial charge in [0.25, 0.3) is 0 Å². The molecule has 3 nitrogen and oxygen atoms in total. The fourth-order valence-corrected chi connectivity index (χ4v) is 1.60. The first-order valence-corrected chi connectivity index (χ1v) is 4.74. The van der Waals surface area contributed by atoms with Gasteiger partial charge in [-0.15, -0.1) is 0 Å². The predicted molar refractivity (Wildman–Crippen MR) is 55.6 cm³/mol. The summed E-state index contributed by atoms with van der Waals surface area (Å²) in [7, 11) is 0. The van der Waals surface area contributed by atoms with Crippen molar-refractivity contribution in [2.45, 2.75) is 12.8 Å². The molecular formula is C10H11ClFNO2. The number of benzene rings is 1. The number of carboxylic acid groups (broad SMARTS) is 1. The van der Waals surface area contributed by atoms with E-state index in [1.807, 2.05) is 0 Å². The number of carbonyl (C=O) groups is 1. The van der Waals surface area contributed by atoms with E-state index in [0.29, 0.717) is 5.56 Å². The molecule has 0 fully saturated rings. The largest absolute Gasteiger partial charge is 0.481 e. The molecule has 0 aromatic heterocycles. The zero-order chi connectivity index (χ0) is 11.6. The van der Waals surface area contributed by atoms with E-state index in [1.54, 1.807) is 13.0 Å². The van der Waals surface area contributed by atoms with Gasteiger partial charge < -0.3 is 10.8 Å². The van der Waals surface area contributed by atoms with E-state index in [1.165, 1.54) is 6.07 Å². The minimum absolute atomic E-state index is 0.0671. The summed E-state index contributed by atoms with van der Waals surface area (Å²) >= 11 is 5.58. The van der Waals surface area contributed by atoms with Crippen LogP contribution in [-0.4, -0.2) is 17.6 Å². The van der Waals surface area contributed by atoms with E-state index in [2.05, 4.69) is 0 Å². The van der Waals surface area contributed by atoms with E-state index in [4.69, 9.17) is 22.4 Å². The number of hydrogen-bond acceptors (Lipinski definition) is 2. The number of hydrogen-bond donors (Lipinski definition) is 2. The highest BCUT2D eigenvalue weighted by Gasteiger charge is 2.24. The van der Waals surface area contributed by atoms with Crippen LogP contribution in [-0.2, 0) is 4.79 Å². The molecule has 0 saturated carbocycles. The first kappa shape index (κ1) is 11.9. The van der Waals surface area contributed by atoms with Crippen LogP contribution < -0.4 is 5.73 Å². The SMILES string of the molecule is Cc1ccc(Cl)c(F)c1C(CN)C(=O)O. The van der Waals surface area contributed by atoms with E-state index in [9.17, 15) is 9.18 Å². The summed E-state index contributed by atoms with van der Waals surface area (Å²) in [6.07, 6.45) is 0. The summed E-state index contributed by atoms with van der Waals surface area (Å²) in [5, 5.41) is 8.79. The Hall–Kier alpha value is -1.13. The van der Waals surface area contributed by atoms with Crippen molar-refractivity contribution >= 4 is 17.6 Å². The molecule has 0 amide bonds. The van der Waals surface area contributed by atoms with Gasteiger partial charge in [0.2, 0.25) is 0 Å². The standard InChI is InChI=1S/C10H11ClFNO2/c1-5-2-3-7(11)9(12)8(5)6(4-13)10(14)15/h2-3,6H,4,13H2,1H3,(H,14,15). The van der Waals surface area contributed by atoms with Crippen LogP contribution in [0, 0.1) is 12.7 Å². The van der Waals surface area contributed by atoms with Gasteiger partial charge in [0.05, 0.1) is 10.9 Å². The molecule has 1 unspecified atom stereocenters. The smallest absolute Gasteiger partial charge is 0.312 e. The molecule has 0 spiro atoms. The van der Waals surface area contributed by atoms with Gasteiger partial charge in [-0.1, -0.05) is 17.7 Å². The molecule has 0 radical (unpaired) electrons. The molecule has 0 aliphatic rings. The molecule has 3 N–H and O–H groups in total. The molecule has 1 atom stereocenters. The van der Waals surface area contributed by atoms with Crippen LogP contribution in [0.4, 0.5) is 4.39 Å². The lowest BCUT2D eigenvalue weighted by molar-refractivity contribution is -0.138. The Morgan fingerprint density at radius 1 is 1.67 bits per heavy atom. The first-order chi connectivity index (χ1) is 6.99. The topological polar surface area (TPSA) is 63.3 Å². The number of nitrogens with two attached hydrogens (primary N) is 1. The van der Waals surface area contributed by atoms with Gasteiger partial charge in [0.1, 0.15) is 5.82 Å². The third-order valence-corrected chi connectivity index (χ3v) is 2.52. The van der Waals surface area contributed by atoms with E-state index >= 15 is 0 Å². The number of halogens is 2. The van der Waals surface area contributed by atoms with Crippen molar-refractivity contribution in [3.05, 3.63) is 34.1 Å². The fourth-order valence-electron chi connectivity index (χ4n) is 1.43. The van der Waals surface area contributed by atoms with Crippen molar-refractivity contribution < 1.29 is 14.3 Å². The maximum Gasteiger partial charge on any atom is 0.312 e. The molecule has 0 saturated heterocycles. The van der Waals surface area contributed by atoms with Crippen molar-refractivity contribution in [2.24, 2.45) is 5.73 Å². The van der Waals surface area contributed by atoms with E-state index < -0.39 is 17.7 Å². The Bertz CT molecular complexity index is 395. The van der Waals surface area contributed by atoms with Gasteiger partial charge in [-0.3, -0.25) is 4.79 Å². The van der Waals surface area contributed by atoms with Gasteiger partial charge in [-0.05, 0) is 18.6 Å². The van der Waals surface area contributed by atoms with Gasteiger partial charge in [-0.25, -0.2) is 4.39 Å². The van der Waals surface area contributed by atoms with Crippen molar-refractivity contribution in [1.82, 2.24) is 0 Å². The highest BCUT2D eigenvalue weighted by Crippen LogP contribution is 2.27. The van der Waals surface area contributed by atoms with Crippen molar-refractivity contribution in [1.29, 1.82) is 0 Å². The number of carboxylic acids is 1. The Balaban J connectivity index is 3.34. The van der Waals surface area contributed by atoms with Crippen LogP contribution in [0.5, 0.6) is 0 Å². The summed E-state index contributed by atoms with van der Waals surface area (Å²) in [5.74, 6) is -2.90. The average molecular weight is 232 g/mol. The molecule has 5 heteroatoms. The zero-order valence-corrected chi connectivity index (χ0v) is 8.88. The lowest BCUT2D eigenvalue weighted by Gasteiger charge is -2.14. The number of aryl methyl sites for hydroxylation is 1. The number of aliphatic carboxylic acids is 1. The van der Waals surface area contributed by atoms with Crippen molar-refractivity contribution in [3.8, 4) is 0 Å². The predicted octanol–water partition coefficient (Wildman–Crippen LogP) is 1.91. The first-order valence-electron chi connectivity index (χ1n) is 4.36. The molecule has 1 aromatic carbocycles. The van der Waals surface area contributed by atoms with Crippen LogP contribution >= 0.6 is 11.6 Å². The second kappa shape index (κ2) is 4.59. The molecule has 0 bridgehead atoms. The Morgan fingerprint density at radius 2 is 2.27 bits per heavy atom. The lowest BCUT2D eigenvalue weighted by Crippen LogP contribution is -2.23. The van der Waals surface area contributed by atoms with Crippen LogP contribution in [0.3, 0.4) is 0 Å². The maximum atomic E-state index is 13.6. The number of rotatable bonds is 3. The monoisotopic (exact) mass is 231 g/mol. The molecule has 0 aliphatic carbocycles. The van der Waals surface area contributed by atoms with E-state index in [-0.39, 0.29) is 17.1 Å². The summed E-state index contributed by atoms with van der Waals surface area (Å²) in [6.45, 7) is 1.47. The second-order valence-corrected chi connectivity index (χ2v) is 3.63. The minimum atomic E-state index is -1.15. The Morgan fingerprint density at radius 3 is 2.73 bits per heavy atom. The van der Waals surface area contributed by atoms with Crippen molar-refractivity contribution in [3.63, 3.8) is 0 Å². The maximum absolute atomic E-state index is 13.6. The third kappa shape index (κ3) is 2.27. The Kier molecular flexibility index (Phi) is 3.66. The summed E-state index contributed by atoms with van der Waals surface area (Å²) in [4.78, 5) is 10.9. The highest BCUT2D eigenvalue weighted by molar-refractivity contribution is 6.30. The van der Waals surface area contributed by atoms with Gasteiger partial charge in [-0.2, -0.15) is 0 Å². The van der Waals surface area contributed by atoms with Crippen LogP contribution in [0.15, 0.2) is 12.1 Å². The normalized spacial score (nSPS) is 12.5. The van der Waals surface area contributed by atoms with Gasteiger partial charge >= 0.3 is 5.97 Å². The molecule has 82 valence electrons. The summed E-state index contributed by atoms with van der Waals surface area (Å²) in [5.41, 5.74) is 5.91. The van der Waals surface area contributed by atoms with Gasteiger partial charge in [0.15, 0.2) is 0 Å². The quantitative estimate of drug-likeness (QED) is 0.835. The summed E-state index contributed by atoms with van der Waals surface area (Å²) < 4.78 is 13.6. The highest BCUT2D eigenvalue weighted by atomic mass is 35.5. The van der Waals surface area contributed by atoms with Crippen LogP contribution in [0.1, 0.15) is 17.0 Å². The molecule has 0 heterocycles. The zero-order valence-electron chi connectivity index (χ0n) is 8.13. The van der Waals surface area contributed by atoms with Crippen molar-refractivity contribution in [2.75, 3.05) is 6.54 Å². The van der Waals surface area contributed by atoms with Gasteiger partial charge in [0, 0.05) is 12.1 Å². The van der Waals surface area contributed by atoms with E-state index in [0.717, 1.165) is 0 Å². The summed E-state index contributed by atoms with van der Waals surface area (Å²) in [6, 6.07) is 2.97. The minimum Gasteiger partial charge on any atom is -0.481 e.